The summed E-state index contributed by atoms with van der Waals surface area (Å²) in [7, 11) is -9.77. The zero-order valence-corrected chi connectivity index (χ0v) is 38.5. The van der Waals surface area contributed by atoms with Gasteiger partial charge in [-0.1, -0.05) is 145 Å². The highest BCUT2D eigenvalue weighted by atomic mass is 31.2. The van der Waals surface area contributed by atoms with Gasteiger partial charge < -0.3 is 39.5 Å². The molecule has 0 fully saturated rings. The SMILES string of the molecule is CCCCCCCC/C=C\CCCCCCCC(=O)OC[C@H](COP(=O)(O)OC[C@@H](O)COP(=O)(O)O)OC(=O)CCC[C@H](O)/C=C/C=C\C/C=C\C=C\[C@H](O)CCCCC. The monoisotopic (exact) mass is 908 g/mol. The minimum Gasteiger partial charge on any atom is -0.462 e. The van der Waals surface area contributed by atoms with Gasteiger partial charge in [-0.2, -0.15) is 0 Å². The van der Waals surface area contributed by atoms with Crippen LogP contribution in [0, 0.1) is 0 Å². The van der Waals surface area contributed by atoms with E-state index in [-0.39, 0.29) is 25.7 Å². The van der Waals surface area contributed by atoms with Gasteiger partial charge in [0.1, 0.15) is 12.7 Å². The van der Waals surface area contributed by atoms with Crippen molar-refractivity contribution in [1.82, 2.24) is 0 Å². The van der Waals surface area contributed by atoms with Crippen LogP contribution in [-0.4, -0.2) is 92.8 Å². The molecule has 0 aliphatic heterocycles. The summed E-state index contributed by atoms with van der Waals surface area (Å²) in [5.74, 6) is -1.27. The van der Waals surface area contributed by atoms with Crippen molar-refractivity contribution in [2.24, 2.45) is 0 Å². The summed E-state index contributed by atoms with van der Waals surface area (Å²) < 4.78 is 47.6. The Balaban J connectivity index is 4.77. The molecule has 5 atom stereocenters. The summed E-state index contributed by atoms with van der Waals surface area (Å²) in [6.45, 7) is 1.38. The molecule has 0 saturated carbocycles. The first-order valence-electron chi connectivity index (χ1n) is 22.2. The Bertz CT molecular complexity index is 1340. The summed E-state index contributed by atoms with van der Waals surface area (Å²) in [4.78, 5) is 52.7. The smallest absolute Gasteiger partial charge is 0.462 e. The molecule has 0 heterocycles. The number of phosphoric ester groups is 2. The Labute approximate surface area is 365 Å². The molecular weight excluding hydrogens is 830 g/mol. The lowest BCUT2D eigenvalue weighted by molar-refractivity contribution is -0.161. The highest BCUT2D eigenvalue weighted by Crippen LogP contribution is 2.43. The van der Waals surface area contributed by atoms with Crippen molar-refractivity contribution in [3.8, 4) is 0 Å². The molecule has 6 N–H and O–H groups in total. The van der Waals surface area contributed by atoms with Gasteiger partial charge in [0.2, 0.25) is 0 Å². The maximum Gasteiger partial charge on any atom is 0.472 e. The van der Waals surface area contributed by atoms with Crippen LogP contribution >= 0.6 is 15.6 Å². The molecule has 0 amide bonds. The number of allylic oxidation sites excluding steroid dienone is 8. The normalized spacial score (nSPS) is 15.6. The van der Waals surface area contributed by atoms with Crippen molar-refractivity contribution in [3.05, 3.63) is 60.8 Å². The summed E-state index contributed by atoms with van der Waals surface area (Å²) in [6.07, 6.45) is 34.2. The van der Waals surface area contributed by atoms with Gasteiger partial charge in [-0.05, 0) is 57.8 Å². The van der Waals surface area contributed by atoms with Crippen molar-refractivity contribution in [1.29, 1.82) is 0 Å². The van der Waals surface area contributed by atoms with E-state index in [4.69, 9.17) is 23.8 Å². The van der Waals surface area contributed by atoms with E-state index in [1.54, 1.807) is 24.3 Å². The Hall–Kier alpha value is -2.26. The number of ether oxygens (including phenoxy) is 2. The van der Waals surface area contributed by atoms with E-state index >= 15 is 0 Å². The van der Waals surface area contributed by atoms with Gasteiger partial charge in [0.25, 0.3) is 0 Å². The lowest BCUT2D eigenvalue weighted by Crippen LogP contribution is -2.30. The van der Waals surface area contributed by atoms with Crippen LogP contribution in [0.15, 0.2) is 60.8 Å². The first kappa shape index (κ1) is 58.7. The van der Waals surface area contributed by atoms with E-state index in [1.165, 1.54) is 38.5 Å². The quantitative estimate of drug-likeness (QED) is 0.0110. The largest absolute Gasteiger partial charge is 0.472 e. The second-order valence-electron chi connectivity index (χ2n) is 15.0. The Morgan fingerprint density at radius 2 is 1.03 bits per heavy atom. The third kappa shape index (κ3) is 42.8. The summed E-state index contributed by atoms with van der Waals surface area (Å²) in [5.41, 5.74) is 0. The van der Waals surface area contributed by atoms with Gasteiger partial charge in [0.05, 0.1) is 32.0 Å². The fourth-order valence-electron chi connectivity index (χ4n) is 5.61. The molecule has 17 heteroatoms. The number of rotatable bonds is 41. The predicted molar refractivity (Wildman–Crippen MR) is 237 cm³/mol. The second kappa shape index (κ2) is 39.3. The summed E-state index contributed by atoms with van der Waals surface area (Å²) in [6, 6.07) is 0. The van der Waals surface area contributed by atoms with E-state index in [0.717, 1.165) is 64.2 Å². The molecule has 0 aliphatic rings. The molecular formula is C44H78O15P2. The molecule has 0 aromatic heterocycles. The zero-order chi connectivity index (χ0) is 45.5. The van der Waals surface area contributed by atoms with Gasteiger partial charge in [-0.3, -0.25) is 23.2 Å². The predicted octanol–water partition coefficient (Wildman–Crippen LogP) is 9.17. The van der Waals surface area contributed by atoms with E-state index in [2.05, 4.69) is 35.0 Å². The maximum atomic E-state index is 12.7. The summed E-state index contributed by atoms with van der Waals surface area (Å²) >= 11 is 0. The van der Waals surface area contributed by atoms with Crippen molar-refractivity contribution in [2.45, 2.75) is 180 Å². The molecule has 15 nitrogen and oxygen atoms in total. The lowest BCUT2D eigenvalue weighted by atomic mass is 10.1. The topological polar surface area (TPSA) is 236 Å². The molecule has 0 spiro atoms. The van der Waals surface area contributed by atoms with Crippen molar-refractivity contribution >= 4 is 27.6 Å². The number of esters is 2. The molecule has 0 radical (unpaired) electrons. The Morgan fingerprint density at radius 3 is 1.62 bits per heavy atom. The van der Waals surface area contributed by atoms with Crippen LogP contribution in [-0.2, 0) is 41.8 Å². The van der Waals surface area contributed by atoms with Gasteiger partial charge >= 0.3 is 27.6 Å². The number of hydrogen-bond acceptors (Lipinski definition) is 12. The Kier molecular flexibility index (Phi) is 37.9. The third-order valence-corrected chi connectivity index (χ3v) is 10.5. The van der Waals surface area contributed by atoms with Gasteiger partial charge in [-0.15, -0.1) is 0 Å². The standard InChI is InChI=1S/C44H78O15P2/c1-3-5-7-8-9-10-11-12-13-14-15-16-20-23-27-33-43(48)55-37-42(38-58-61(53,54)57-36-41(47)35-56-60(50,51)52)59-44(49)34-28-32-40(46)31-26-22-19-17-18-21-25-30-39(45)29-24-6-4-2/h12-13,18-19,21-22,25-26,30-31,39-42,45-47H,3-11,14-17,20,23-24,27-29,32-38H2,1-2H3,(H,53,54)(H2,50,51,52)/b13-12-,21-18-,22-19-,30-25+,31-26+/t39-,40-,41+,42-/m1/s1. The van der Waals surface area contributed by atoms with E-state index < -0.39 is 78.4 Å². The maximum absolute atomic E-state index is 12.7. The van der Waals surface area contributed by atoms with E-state index in [1.807, 2.05) is 24.3 Å². The van der Waals surface area contributed by atoms with Crippen LogP contribution in [0.5, 0.6) is 0 Å². The minimum atomic E-state index is -4.89. The number of hydrogen-bond donors (Lipinski definition) is 6. The zero-order valence-electron chi connectivity index (χ0n) is 36.7. The van der Waals surface area contributed by atoms with Crippen molar-refractivity contribution < 1.29 is 71.8 Å². The van der Waals surface area contributed by atoms with Crippen LogP contribution in [0.25, 0.3) is 0 Å². The molecule has 0 bridgehead atoms. The fourth-order valence-corrected chi connectivity index (χ4v) is 6.77. The number of carbonyl (C=O) groups excluding carboxylic acids is 2. The average molecular weight is 909 g/mol. The number of unbranched alkanes of at least 4 members (excludes halogenated alkanes) is 13. The van der Waals surface area contributed by atoms with Crippen molar-refractivity contribution in [3.63, 3.8) is 0 Å². The van der Waals surface area contributed by atoms with Crippen LogP contribution in [0.1, 0.15) is 155 Å². The van der Waals surface area contributed by atoms with Crippen LogP contribution in [0.4, 0.5) is 0 Å². The highest BCUT2D eigenvalue weighted by Gasteiger charge is 2.28. The molecule has 0 saturated heterocycles. The molecule has 354 valence electrons. The van der Waals surface area contributed by atoms with E-state index in [0.29, 0.717) is 12.8 Å². The Morgan fingerprint density at radius 1 is 0.541 bits per heavy atom. The first-order chi connectivity index (χ1) is 29.2. The number of aliphatic hydroxyl groups excluding tert-OH is 3. The number of aliphatic hydroxyl groups is 3. The van der Waals surface area contributed by atoms with Gasteiger partial charge in [0.15, 0.2) is 6.10 Å². The summed E-state index contributed by atoms with van der Waals surface area (Å²) in [5, 5.41) is 29.9. The molecule has 0 aliphatic carbocycles. The fraction of sp³-hybridized carbons (Fsp3) is 0.727. The van der Waals surface area contributed by atoms with Crippen molar-refractivity contribution in [2.75, 3.05) is 26.4 Å². The van der Waals surface area contributed by atoms with Crippen LogP contribution < -0.4 is 0 Å². The van der Waals surface area contributed by atoms with Crippen LogP contribution in [0.2, 0.25) is 0 Å². The molecule has 0 rings (SSSR count). The third-order valence-electron chi connectivity index (χ3n) is 9.08. The molecule has 61 heavy (non-hydrogen) atoms. The van der Waals surface area contributed by atoms with Gasteiger partial charge in [-0.25, -0.2) is 9.13 Å². The second-order valence-corrected chi connectivity index (χ2v) is 17.7. The van der Waals surface area contributed by atoms with E-state index in [9.17, 15) is 38.9 Å². The molecule has 0 aromatic rings. The number of carbonyl (C=O) groups is 2. The minimum absolute atomic E-state index is 0.120. The van der Waals surface area contributed by atoms with Gasteiger partial charge in [0, 0.05) is 12.8 Å². The highest BCUT2D eigenvalue weighted by molar-refractivity contribution is 7.47. The lowest BCUT2D eigenvalue weighted by Gasteiger charge is -2.20. The number of phosphoric acid groups is 2. The molecule has 0 aromatic carbocycles. The average Bonchev–Trinajstić information content (AvgIpc) is 3.21. The first-order valence-corrected chi connectivity index (χ1v) is 25.2. The molecule has 1 unspecified atom stereocenters. The van der Waals surface area contributed by atoms with Crippen LogP contribution in [0.3, 0.4) is 0 Å².